The van der Waals surface area contributed by atoms with Crippen molar-refractivity contribution >= 4 is 39.1 Å². The highest BCUT2D eigenvalue weighted by Gasteiger charge is 2.27. The van der Waals surface area contributed by atoms with Crippen LogP contribution in [-0.4, -0.2) is 26.6 Å². The van der Waals surface area contributed by atoms with Gasteiger partial charge in [0.05, 0.1) is 11.9 Å². The second-order valence-corrected chi connectivity index (χ2v) is 10.1. The number of rotatable bonds is 10. The van der Waals surface area contributed by atoms with Crippen molar-refractivity contribution in [1.82, 2.24) is 14.8 Å². The van der Waals surface area contributed by atoms with E-state index in [0.29, 0.717) is 40.1 Å². The van der Waals surface area contributed by atoms with E-state index in [0.717, 1.165) is 16.9 Å². The molecular formula is C29H25F2N5O4S. The van der Waals surface area contributed by atoms with Gasteiger partial charge in [0, 0.05) is 23.7 Å². The van der Waals surface area contributed by atoms with Gasteiger partial charge < -0.3 is 20.2 Å². The van der Waals surface area contributed by atoms with Crippen molar-refractivity contribution in [2.45, 2.75) is 26.4 Å². The summed E-state index contributed by atoms with van der Waals surface area (Å²) in [6, 6.07) is 11.8. The maximum absolute atomic E-state index is 13.8. The van der Waals surface area contributed by atoms with Crippen LogP contribution in [0.15, 0.2) is 65.7 Å². The molecule has 0 aliphatic heterocycles. The number of furan rings is 1. The Morgan fingerprint density at radius 2 is 2.02 bits per heavy atom. The number of pyridine rings is 1. The number of anilines is 1. The van der Waals surface area contributed by atoms with Gasteiger partial charge in [-0.2, -0.15) is 5.10 Å². The van der Waals surface area contributed by atoms with Gasteiger partial charge in [-0.15, -0.1) is 17.9 Å². The van der Waals surface area contributed by atoms with Gasteiger partial charge in [-0.1, -0.05) is 24.3 Å². The zero-order chi connectivity index (χ0) is 29.3. The van der Waals surface area contributed by atoms with Crippen molar-refractivity contribution in [2.75, 3.05) is 5.32 Å². The summed E-state index contributed by atoms with van der Waals surface area (Å²) in [4.78, 5) is 29.8. The Hall–Kier alpha value is -4.84. The number of alkyl halides is 2. The highest BCUT2D eigenvalue weighted by atomic mass is 32.1. The number of allylic oxidation sites excluding steroid dienone is 1. The molecule has 12 heteroatoms. The van der Waals surface area contributed by atoms with Gasteiger partial charge in [0.1, 0.15) is 33.5 Å². The molecule has 0 radical (unpaired) electrons. The number of amides is 2. The van der Waals surface area contributed by atoms with Crippen LogP contribution >= 0.6 is 11.3 Å². The van der Waals surface area contributed by atoms with E-state index in [4.69, 9.17) is 14.9 Å². The predicted octanol–water partition coefficient (Wildman–Crippen LogP) is 6.19. The number of carbonyl (C=O) groups excluding carboxylic acids is 2. The molecule has 0 unspecified atom stereocenters. The predicted molar refractivity (Wildman–Crippen MR) is 151 cm³/mol. The molecule has 210 valence electrons. The first-order valence-corrected chi connectivity index (χ1v) is 13.3. The first kappa shape index (κ1) is 27.7. The van der Waals surface area contributed by atoms with Crippen molar-refractivity contribution in [3.8, 4) is 16.9 Å². The number of aromatic nitrogens is 3. The highest BCUT2D eigenvalue weighted by Crippen LogP contribution is 2.43. The lowest BCUT2D eigenvalue weighted by molar-refractivity contribution is 0.0992. The normalized spacial score (nSPS) is 11.2. The van der Waals surface area contributed by atoms with Crippen LogP contribution in [0, 0.1) is 6.92 Å². The Balaban J connectivity index is 1.49. The molecule has 4 aromatic heterocycles. The van der Waals surface area contributed by atoms with Crippen LogP contribution in [-0.2, 0) is 20.1 Å². The van der Waals surface area contributed by atoms with Gasteiger partial charge in [0.2, 0.25) is 0 Å². The van der Waals surface area contributed by atoms with Gasteiger partial charge in [-0.25, -0.2) is 13.8 Å². The summed E-state index contributed by atoms with van der Waals surface area (Å²) in [5, 5.41) is 7.21. The minimum absolute atomic E-state index is 0.0380. The zero-order valence-corrected chi connectivity index (χ0v) is 22.9. The second kappa shape index (κ2) is 11.3. The molecule has 0 aliphatic carbocycles. The molecule has 1 aromatic carbocycles. The number of hydrogen-bond acceptors (Lipinski definition) is 7. The topological polar surface area (TPSA) is 125 Å². The quantitative estimate of drug-likeness (QED) is 0.191. The average molecular weight is 578 g/mol. The molecule has 5 rings (SSSR count). The Morgan fingerprint density at radius 3 is 2.71 bits per heavy atom. The monoisotopic (exact) mass is 577 g/mol. The standard InChI is InChI=1S/C29H25F2N5O4S/c1-4-7-16-8-5-6-9-21(16)39-14-17-10-11-22(40-17)28(38)35-24-23-18(19-13-33-36(3)15(19)2)12-20(26(30)31)34-29(23)41-25(24)27(32)37/h4-6,8-13,26H,1,7,14H2,2-3H3,(H2,32,37)(H,35,38). The number of nitrogens with one attached hydrogen (secondary N) is 1. The molecule has 41 heavy (non-hydrogen) atoms. The fourth-order valence-electron chi connectivity index (χ4n) is 4.37. The Morgan fingerprint density at radius 1 is 1.24 bits per heavy atom. The summed E-state index contributed by atoms with van der Waals surface area (Å²) in [5.74, 6) is -0.503. The molecule has 0 aliphatic rings. The molecule has 2 amide bonds. The van der Waals surface area contributed by atoms with Crippen molar-refractivity contribution in [3.63, 3.8) is 0 Å². The number of para-hydroxylation sites is 1. The number of nitrogens with zero attached hydrogens (tertiary/aromatic N) is 3. The number of carbonyl (C=O) groups is 2. The van der Waals surface area contributed by atoms with Crippen molar-refractivity contribution in [2.24, 2.45) is 12.8 Å². The van der Waals surface area contributed by atoms with E-state index in [9.17, 15) is 18.4 Å². The number of fused-ring (bicyclic) bond motifs is 1. The second-order valence-electron chi connectivity index (χ2n) is 9.12. The molecule has 9 nitrogen and oxygen atoms in total. The molecular weight excluding hydrogens is 552 g/mol. The molecule has 0 fully saturated rings. The van der Waals surface area contributed by atoms with E-state index in [1.54, 1.807) is 30.8 Å². The van der Waals surface area contributed by atoms with Gasteiger partial charge in [-0.05, 0) is 48.7 Å². The third-order valence-electron chi connectivity index (χ3n) is 6.49. The highest BCUT2D eigenvalue weighted by molar-refractivity contribution is 7.21. The summed E-state index contributed by atoms with van der Waals surface area (Å²) in [7, 11) is 1.71. The van der Waals surface area contributed by atoms with E-state index in [1.807, 2.05) is 24.3 Å². The summed E-state index contributed by atoms with van der Waals surface area (Å²) in [5.41, 5.74) is 7.73. The molecule has 4 heterocycles. The SMILES string of the molecule is C=CCc1ccccc1OCc1ccc(C(=O)Nc2c(C(N)=O)sc3nc(C(F)F)cc(-c4cnn(C)c4C)c23)o1. The lowest BCUT2D eigenvalue weighted by Gasteiger charge is -2.10. The number of thiophene rings is 1. The molecule has 0 saturated heterocycles. The third-order valence-corrected chi connectivity index (χ3v) is 7.58. The molecule has 0 bridgehead atoms. The number of aryl methyl sites for hydroxylation is 1. The van der Waals surface area contributed by atoms with Crippen molar-refractivity contribution < 1.29 is 27.5 Å². The fraction of sp³-hybridized carbons (Fsp3) is 0.172. The van der Waals surface area contributed by atoms with E-state index in [1.165, 1.54) is 18.3 Å². The van der Waals surface area contributed by atoms with Gasteiger partial charge >= 0.3 is 0 Å². The molecule has 0 saturated carbocycles. The van der Waals surface area contributed by atoms with E-state index < -0.39 is 23.9 Å². The minimum atomic E-state index is -2.86. The fourth-order valence-corrected chi connectivity index (χ4v) is 5.38. The molecule has 5 aromatic rings. The van der Waals surface area contributed by atoms with Crippen LogP contribution in [0.4, 0.5) is 14.5 Å². The van der Waals surface area contributed by atoms with Crippen LogP contribution < -0.4 is 15.8 Å². The largest absolute Gasteiger partial charge is 0.485 e. The van der Waals surface area contributed by atoms with E-state index in [-0.39, 0.29) is 27.8 Å². The number of halogens is 2. The van der Waals surface area contributed by atoms with Gasteiger partial charge in [-0.3, -0.25) is 14.3 Å². The summed E-state index contributed by atoms with van der Waals surface area (Å²) in [6.07, 6.45) is 1.07. The summed E-state index contributed by atoms with van der Waals surface area (Å²) >= 11 is 0.820. The summed E-state index contributed by atoms with van der Waals surface area (Å²) in [6.45, 7) is 5.60. The maximum Gasteiger partial charge on any atom is 0.291 e. The molecule has 3 N–H and O–H groups in total. The number of primary amides is 1. The van der Waals surface area contributed by atoms with Gasteiger partial charge in [0.15, 0.2) is 5.76 Å². The average Bonchev–Trinajstić information content (AvgIpc) is 3.66. The zero-order valence-electron chi connectivity index (χ0n) is 22.1. The minimum Gasteiger partial charge on any atom is -0.485 e. The van der Waals surface area contributed by atoms with Crippen molar-refractivity contribution in [1.29, 1.82) is 0 Å². The third kappa shape index (κ3) is 5.46. The Bertz CT molecular complexity index is 1790. The number of nitrogens with two attached hydrogens (primary N) is 1. The van der Waals surface area contributed by atoms with Crippen LogP contribution in [0.1, 0.15) is 49.4 Å². The van der Waals surface area contributed by atoms with Gasteiger partial charge in [0.25, 0.3) is 18.2 Å². The smallest absolute Gasteiger partial charge is 0.291 e. The van der Waals surface area contributed by atoms with E-state index >= 15 is 0 Å². The lowest BCUT2D eigenvalue weighted by Crippen LogP contribution is -2.16. The van der Waals surface area contributed by atoms with Crippen molar-refractivity contribution in [3.05, 3.63) is 94.7 Å². The first-order valence-electron chi connectivity index (χ1n) is 12.4. The Kier molecular flexibility index (Phi) is 7.66. The lowest BCUT2D eigenvalue weighted by atomic mass is 10.0. The van der Waals surface area contributed by atoms with Crippen LogP contribution in [0.5, 0.6) is 5.75 Å². The number of benzene rings is 1. The molecule has 0 atom stereocenters. The maximum atomic E-state index is 13.8. The number of ether oxygens (including phenoxy) is 1. The Labute approximate surface area is 237 Å². The number of hydrogen-bond donors (Lipinski definition) is 2. The van der Waals surface area contributed by atoms with Crippen LogP contribution in [0.25, 0.3) is 21.3 Å². The first-order chi connectivity index (χ1) is 19.7. The van der Waals surface area contributed by atoms with E-state index in [2.05, 4.69) is 22.0 Å². The molecule has 0 spiro atoms. The van der Waals surface area contributed by atoms with Crippen LogP contribution in [0.2, 0.25) is 0 Å². The van der Waals surface area contributed by atoms with Crippen LogP contribution in [0.3, 0.4) is 0 Å². The summed E-state index contributed by atoms with van der Waals surface area (Å²) < 4.78 is 40.7.